The predicted molar refractivity (Wildman–Crippen MR) is 145 cm³/mol. The lowest BCUT2D eigenvalue weighted by atomic mass is 9.93. The molecular weight excluding hydrogens is 506 g/mol. The van der Waals surface area contributed by atoms with Gasteiger partial charge in [0.15, 0.2) is 12.3 Å². The van der Waals surface area contributed by atoms with Crippen molar-refractivity contribution in [2.45, 2.75) is 77.7 Å². The second-order valence-corrected chi connectivity index (χ2v) is 11.9. The molecule has 0 N–H and O–H groups in total. The fourth-order valence-electron chi connectivity index (χ4n) is 5.59. The molecule has 3 aliphatic heterocycles. The van der Waals surface area contributed by atoms with Gasteiger partial charge in [-0.2, -0.15) is 5.06 Å². The van der Waals surface area contributed by atoms with Crippen molar-refractivity contribution < 1.29 is 19.2 Å². The van der Waals surface area contributed by atoms with Gasteiger partial charge in [-0.3, -0.25) is 24.2 Å². The van der Waals surface area contributed by atoms with Crippen molar-refractivity contribution in [3.63, 3.8) is 0 Å². The number of amides is 3. The molecule has 0 bridgehead atoms. The smallest absolute Gasteiger partial charge is 0.291 e. The number of piperidine rings is 1. The number of nitrogens with zero attached hydrogens (tertiary/aromatic N) is 5. The van der Waals surface area contributed by atoms with Crippen LogP contribution in [-0.4, -0.2) is 93.5 Å². The molecule has 0 aliphatic carbocycles. The van der Waals surface area contributed by atoms with E-state index < -0.39 is 24.2 Å². The van der Waals surface area contributed by atoms with Gasteiger partial charge in [-0.25, -0.2) is 0 Å². The fourth-order valence-corrected chi connectivity index (χ4v) is 5.78. The average molecular weight is 546 g/mol. The van der Waals surface area contributed by atoms with Crippen LogP contribution in [0.1, 0.15) is 59.1 Å². The normalized spacial score (nSPS) is 25.9. The molecular formula is C28H40ClN5O4. The number of halogens is 1. The van der Waals surface area contributed by atoms with E-state index in [1.54, 1.807) is 23.2 Å². The highest BCUT2D eigenvalue weighted by atomic mass is 35.5. The number of pyridine rings is 1. The number of hydroxylamine groups is 2. The summed E-state index contributed by atoms with van der Waals surface area (Å²) in [5, 5.41) is 1.18. The largest absolute Gasteiger partial charge is 0.334 e. The average Bonchev–Trinajstić information content (AvgIpc) is 2.87. The van der Waals surface area contributed by atoms with Crippen LogP contribution in [0.5, 0.6) is 0 Å². The Bertz CT molecular complexity index is 1040. The van der Waals surface area contributed by atoms with E-state index in [0.29, 0.717) is 18.5 Å². The Kier molecular flexibility index (Phi) is 9.11. The number of rotatable bonds is 7. The van der Waals surface area contributed by atoms with Gasteiger partial charge in [0.25, 0.3) is 11.8 Å². The molecule has 208 valence electrons. The molecule has 3 aliphatic rings. The van der Waals surface area contributed by atoms with Crippen LogP contribution in [0.25, 0.3) is 6.08 Å². The molecule has 3 saturated heterocycles. The summed E-state index contributed by atoms with van der Waals surface area (Å²) in [6, 6.07) is 4.74. The third kappa shape index (κ3) is 6.21. The molecule has 9 nitrogen and oxygen atoms in total. The predicted octanol–water partition coefficient (Wildman–Crippen LogP) is 3.36. The molecule has 1 aromatic rings. The van der Waals surface area contributed by atoms with E-state index in [4.69, 9.17) is 16.4 Å². The minimum atomic E-state index is -0.869. The number of hydrogen-bond donors (Lipinski definition) is 0. The van der Waals surface area contributed by atoms with E-state index in [2.05, 4.69) is 16.9 Å². The topological polar surface area (TPSA) is 86.3 Å². The van der Waals surface area contributed by atoms with E-state index >= 15 is 0 Å². The van der Waals surface area contributed by atoms with E-state index in [1.165, 1.54) is 11.1 Å². The Morgan fingerprint density at radius 1 is 1.11 bits per heavy atom. The summed E-state index contributed by atoms with van der Waals surface area (Å²) in [7, 11) is 2.08. The van der Waals surface area contributed by atoms with Crippen LogP contribution in [0.3, 0.4) is 0 Å². The Labute approximate surface area is 230 Å². The Morgan fingerprint density at radius 3 is 2.39 bits per heavy atom. The zero-order valence-corrected chi connectivity index (χ0v) is 23.8. The van der Waals surface area contributed by atoms with Crippen LogP contribution in [0.4, 0.5) is 0 Å². The lowest BCUT2D eigenvalue weighted by Crippen LogP contribution is -2.74. The number of piperazine rings is 1. The first-order valence-electron chi connectivity index (χ1n) is 13.7. The van der Waals surface area contributed by atoms with Gasteiger partial charge < -0.3 is 14.7 Å². The van der Waals surface area contributed by atoms with Gasteiger partial charge in [0.2, 0.25) is 5.91 Å². The first-order valence-corrected chi connectivity index (χ1v) is 14.0. The Balaban J connectivity index is 1.71. The number of hydrogen-bond acceptors (Lipinski definition) is 6. The van der Waals surface area contributed by atoms with E-state index in [1.807, 2.05) is 38.7 Å². The number of carbonyl (C=O) groups excluding carboxylic acids is 3. The van der Waals surface area contributed by atoms with Crippen LogP contribution in [-0.2, 0) is 19.2 Å². The van der Waals surface area contributed by atoms with Crippen molar-refractivity contribution in [3.05, 3.63) is 35.1 Å². The number of aromatic nitrogens is 1. The number of fused-ring (bicyclic) bond motifs is 1. The zero-order valence-electron chi connectivity index (χ0n) is 23.0. The summed E-state index contributed by atoms with van der Waals surface area (Å²) >= 11 is 6.53. The lowest BCUT2D eigenvalue weighted by Gasteiger charge is -2.55. The van der Waals surface area contributed by atoms with Crippen LogP contribution < -0.4 is 0 Å². The van der Waals surface area contributed by atoms with E-state index in [9.17, 15) is 14.4 Å². The SMILES string of the molecule is CC(C)C[C@H]1ON(C(=O)/C(Cl)=C/c2ccccn2)[C@H]2CN(C3CCN(C)CC3)C(=O)[C@H](CC(C)C)N2C1=O. The van der Waals surface area contributed by atoms with Crippen LogP contribution in [0.2, 0.25) is 0 Å². The van der Waals surface area contributed by atoms with Gasteiger partial charge >= 0.3 is 0 Å². The van der Waals surface area contributed by atoms with Gasteiger partial charge in [-0.1, -0.05) is 45.4 Å². The summed E-state index contributed by atoms with van der Waals surface area (Å²) < 4.78 is 0. The van der Waals surface area contributed by atoms with Crippen molar-refractivity contribution in [2.24, 2.45) is 11.8 Å². The highest BCUT2D eigenvalue weighted by molar-refractivity contribution is 6.44. The molecule has 10 heteroatoms. The molecule has 1 aromatic heterocycles. The molecule has 4 heterocycles. The summed E-state index contributed by atoms with van der Waals surface area (Å²) in [5.74, 6) is -0.491. The van der Waals surface area contributed by atoms with Crippen molar-refractivity contribution in [1.82, 2.24) is 24.7 Å². The maximum absolute atomic E-state index is 14.0. The van der Waals surface area contributed by atoms with Gasteiger partial charge in [0, 0.05) is 12.2 Å². The van der Waals surface area contributed by atoms with Gasteiger partial charge in [-0.15, -0.1) is 0 Å². The zero-order chi connectivity index (χ0) is 27.6. The maximum atomic E-state index is 14.0. The molecule has 0 radical (unpaired) electrons. The van der Waals surface area contributed by atoms with Gasteiger partial charge in [0.05, 0.1) is 12.2 Å². The van der Waals surface area contributed by atoms with Crippen molar-refractivity contribution in [1.29, 1.82) is 0 Å². The van der Waals surface area contributed by atoms with Crippen LogP contribution in [0, 0.1) is 11.8 Å². The second-order valence-electron chi connectivity index (χ2n) is 11.5. The molecule has 3 amide bonds. The Morgan fingerprint density at radius 2 is 1.79 bits per heavy atom. The number of carbonyl (C=O) groups is 3. The van der Waals surface area contributed by atoms with Gasteiger partial charge in [0.1, 0.15) is 11.1 Å². The minimum Gasteiger partial charge on any atom is -0.334 e. The Hall–Kier alpha value is -2.49. The third-order valence-electron chi connectivity index (χ3n) is 7.50. The standard InChI is InChI=1S/C28H40ClN5O4/c1-18(2)14-23-27(36)32(21-9-12-31(5)13-10-21)17-25-33(23)28(37)24(15-19(3)4)38-34(25)26(35)22(29)16-20-8-6-7-11-30-20/h6-8,11,16,18-19,21,23-25H,9-10,12-15,17H2,1-5H3/b22-16-/t23-,24+,25-/m0/s1. The molecule has 3 fully saturated rings. The number of likely N-dealkylation sites (tertiary alicyclic amines) is 1. The monoisotopic (exact) mass is 545 g/mol. The van der Waals surface area contributed by atoms with Gasteiger partial charge in [-0.05, 0) is 75.9 Å². The highest BCUT2D eigenvalue weighted by Gasteiger charge is 2.54. The summed E-state index contributed by atoms with van der Waals surface area (Å²) in [6.07, 6.45) is 4.13. The quantitative estimate of drug-likeness (QED) is 0.488. The van der Waals surface area contributed by atoms with Crippen molar-refractivity contribution in [3.8, 4) is 0 Å². The molecule has 0 unspecified atom stereocenters. The summed E-state index contributed by atoms with van der Waals surface area (Å²) in [5.41, 5.74) is 0.541. The molecule has 0 spiro atoms. The molecule has 4 rings (SSSR count). The first kappa shape index (κ1) is 28.5. The maximum Gasteiger partial charge on any atom is 0.291 e. The lowest BCUT2D eigenvalue weighted by molar-refractivity contribution is -0.275. The summed E-state index contributed by atoms with van der Waals surface area (Å²) in [4.78, 5) is 57.7. The molecule has 0 saturated carbocycles. The van der Waals surface area contributed by atoms with E-state index in [0.717, 1.165) is 25.9 Å². The summed E-state index contributed by atoms with van der Waals surface area (Å²) in [6.45, 7) is 10.1. The first-order chi connectivity index (χ1) is 18.1. The molecule has 3 atom stereocenters. The van der Waals surface area contributed by atoms with Crippen LogP contribution in [0.15, 0.2) is 29.4 Å². The fraction of sp³-hybridized carbons (Fsp3) is 0.643. The highest BCUT2D eigenvalue weighted by Crippen LogP contribution is 2.35. The second kappa shape index (κ2) is 12.1. The minimum absolute atomic E-state index is 0.0365. The van der Waals surface area contributed by atoms with Crippen molar-refractivity contribution >= 4 is 35.4 Å². The third-order valence-corrected chi connectivity index (χ3v) is 7.77. The van der Waals surface area contributed by atoms with E-state index in [-0.39, 0.29) is 41.3 Å². The van der Waals surface area contributed by atoms with Crippen LogP contribution >= 0.6 is 11.6 Å². The van der Waals surface area contributed by atoms with Crippen molar-refractivity contribution in [2.75, 3.05) is 26.7 Å². The molecule has 0 aromatic carbocycles. The molecule has 38 heavy (non-hydrogen) atoms.